The molecule has 2 aliphatic heterocycles. The Balaban J connectivity index is 1.65. The molecule has 0 bridgehead atoms. The van der Waals surface area contributed by atoms with Gasteiger partial charge in [0.1, 0.15) is 53.0 Å². The maximum Gasteiger partial charge on any atom is 0.239 e. The third-order valence-corrected chi connectivity index (χ3v) is 7.98. The van der Waals surface area contributed by atoms with Crippen molar-refractivity contribution in [1.29, 1.82) is 0 Å². The molecular formula is C32H38O13. The fourth-order valence-electron chi connectivity index (χ4n) is 5.29. The summed E-state index contributed by atoms with van der Waals surface area (Å²) in [5.74, 6) is -1.36. The molecule has 0 aliphatic carbocycles. The lowest BCUT2D eigenvalue weighted by Gasteiger charge is -2.44. The molecule has 9 atom stereocenters. The molecule has 7 N–H and O–H groups in total. The molecule has 244 valence electrons. The number of aliphatic hydroxyl groups is 5. The zero-order valence-electron chi connectivity index (χ0n) is 25.2. The first-order valence-electron chi connectivity index (χ1n) is 14.5. The molecule has 3 aromatic rings. The van der Waals surface area contributed by atoms with Crippen molar-refractivity contribution in [1.82, 2.24) is 0 Å². The van der Waals surface area contributed by atoms with Gasteiger partial charge in [-0.05, 0) is 34.1 Å². The number of rotatable bonds is 7. The van der Waals surface area contributed by atoms with E-state index in [0.717, 1.165) is 17.2 Å². The Morgan fingerprint density at radius 3 is 2.31 bits per heavy atom. The van der Waals surface area contributed by atoms with E-state index in [2.05, 4.69) is 0 Å². The standard InChI is InChI=1S/C32H38O13/c1-13(2)5-10-17-18(33)11-19(34)21-24(38)29(27(43-28(17)21)16-8-6-14(3)7-9-16)44-32-30(25(39)22(36)15(4)42-32)45-31-26(40)23(37)20(35)12-41-31/h5-9,11,15,20,22-23,25-26,30-37,39-40H,10,12H2,1-4H3/t15-,20-,22-,23+,25+,26-,30+,31+,32+/m1/s1. The lowest BCUT2D eigenvalue weighted by atomic mass is 9.99. The van der Waals surface area contributed by atoms with Gasteiger partial charge in [-0.2, -0.15) is 0 Å². The zero-order valence-corrected chi connectivity index (χ0v) is 25.2. The molecule has 45 heavy (non-hydrogen) atoms. The molecule has 0 amide bonds. The van der Waals surface area contributed by atoms with Crippen LogP contribution in [0.5, 0.6) is 17.2 Å². The SMILES string of the molecule is CC(C)=CCc1c(O)cc(O)c2c(=O)c(O[C@@H]3O[C@H](C)[C@@H](O)[C@H](O)[C@@H]3O[C@@H]3OC[C@@H](O)[C@H](O)[C@H]3O)c(-c3ccc(C)cc3)oc12. The van der Waals surface area contributed by atoms with Crippen LogP contribution in [-0.4, -0.2) is 97.7 Å². The maximum absolute atomic E-state index is 14.2. The van der Waals surface area contributed by atoms with Crippen LogP contribution in [0.3, 0.4) is 0 Å². The van der Waals surface area contributed by atoms with Gasteiger partial charge in [0.2, 0.25) is 17.5 Å². The summed E-state index contributed by atoms with van der Waals surface area (Å²) in [4.78, 5) is 14.2. The van der Waals surface area contributed by atoms with Crippen LogP contribution in [0.15, 0.2) is 51.2 Å². The monoisotopic (exact) mass is 630 g/mol. The first kappa shape index (κ1) is 32.9. The van der Waals surface area contributed by atoms with Crippen molar-refractivity contribution in [2.24, 2.45) is 0 Å². The minimum atomic E-state index is -1.74. The number of allylic oxidation sites excluding steroid dienone is 2. The van der Waals surface area contributed by atoms with Gasteiger partial charge in [-0.3, -0.25) is 4.79 Å². The van der Waals surface area contributed by atoms with Gasteiger partial charge in [-0.15, -0.1) is 0 Å². The van der Waals surface area contributed by atoms with E-state index in [0.29, 0.717) is 5.56 Å². The molecule has 2 aromatic carbocycles. The number of ether oxygens (including phenoxy) is 4. The summed E-state index contributed by atoms with van der Waals surface area (Å²) in [5, 5.41) is 73.2. The van der Waals surface area contributed by atoms with Crippen LogP contribution in [0.2, 0.25) is 0 Å². The van der Waals surface area contributed by atoms with Crippen molar-refractivity contribution >= 4 is 11.0 Å². The highest BCUT2D eigenvalue weighted by Crippen LogP contribution is 2.40. The maximum atomic E-state index is 14.2. The molecule has 2 aliphatic rings. The summed E-state index contributed by atoms with van der Waals surface area (Å²) in [6.45, 7) is 6.67. The Hall–Kier alpha value is -3.53. The number of phenolic OH excluding ortho intramolecular Hbond substituents is 2. The molecule has 2 saturated heterocycles. The Morgan fingerprint density at radius 2 is 1.64 bits per heavy atom. The Bertz CT molecular complexity index is 1610. The molecule has 13 heteroatoms. The van der Waals surface area contributed by atoms with Crippen LogP contribution in [0.4, 0.5) is 0 Å². The highest BCUT2D eigenvalue weighted by molar-refractivity contribution is 5.91. The van der Waals surface area contributed by atoms with Crippen LogP contribution in [0.25, 0.3) is 22.3 Å². The van der Waals surface area contributed by atoms with Crippen LogP contribution < -0.4 is 10.2 Å². The van der Waals surface area contributed by atoms with Crippen LogP contribution in [0, 0.1) is 6.92 Å². The number of fused-ring (bicyclic) bond motifs is 1. The van der Waals surface area contributed by atoms with Gasteiger partial charge in [0.15, 0.2) is 18.2 Å². The molecule has 0 spiro atoms. The lowest BCUT2D eigenvalue weighted by molar-refractivity contribution is -0.341. The second-order valence-electron chi connectivity index (χ2n) is 11.7. The molecular weight excluding hydrogens is 592 g/mol. The van der Waals surface area contributed by atoms with E-state index in [1.54, 1.807) is 24.3 Å². The predicted molar refractivity (Wildman–Crippen MR) is 159 cm³/mol. The summed E-state index contributed by atoms with van der Waals surface area (Å²) in [7, 11) is 0. The van der Waals surface area contributed by atoms with Crippen LogP contribution in [0.1, 0.15) is 31.9 Å². The number of phenols is 2. The summed E-state index contributed by atoms with van der Waals surface area (Å²) in [5.41, 5.74) is 1.62. The summed E-state index contributed by atoms with van der Waals surface area (Å²) < 4.78 is 29.3. The third kappa shape index (κ3) is 6.44. The minimum absolute atomic E-state index is 0.0645. The first-order chi connectivity index (χ1) is 21.3. The molecule has 3 heterocycles. The van der Waals surface area contributed by atoms with E-state index in [4.69, 9.17) is 23.4 Å². The van der Waals surface area contributed by atoms with Crippen LogP contribution >= 0.6 is 0 Å². The summed E-state index contributed by atoms with van der Waals surface area (Å²) in [6, 6.07) is 7.96. The highest BCUT2D eigenvalue weighted by Gasteiger charge is 2.49. The van der Waals surface area contributed by atoms with E-state index in [1.165, 1.54) is 6.92 Å². The van der Waals surface area contributed by atoms with Gasteiger partial charge in [-0.1, -0.05) is 41.5 Å². The number of hydrogen-bond acceptors (Lipinski definition) is 13. The number of benzene rings is 2. The predicted octanol–water partition coefficient (Wildman–Crippen LogP) is 1.36. The smallest absolute Gasteiger partial charge is 0.239 e. The average molecular weight is 631 g/mol. The Kier molecular flexibility index (Phi) is 9.54. The minimum Gasteiger partial charge on any atom is -0.507 e. The van der Waals surface area contributed by atoms with E-state index >= 15 is 0 Å². The molecule has 2 fully saturated rings. The largest absolute Gasteiger partial charge is 0.507 e. The van der Waals surface area contributed by atoms with Gasteiger partial charge in [0.05, 0.1) is 12.7 Å². The molecule has 13 nitrogen and oxygen atoms in total. The van der Waals surface area contributed by atoms with Gasteiger partial charge in [0.25, 0.3) is 0 Å². The number of hydrogen-bond donors (Lipinski definition) is 7. The first-order valence-corrected chi connectivity index (χ1v) is 14.5. The van der Waals surface area contributed by atoms with Gasteiger partial charge in [-0.25, -0.2) is 0 Å². The van der Waals surface area contributed by atoms with E-state index in [-0.39, 0.29) is 34.5 Å². The van der Waals surface area contributed by atoms with Gasteiger partial charge >= 0.3 is 0 Å². The number of aryl methyl sites for hydroxylation is 1. The normalized spacial score (nSPS) is 30.3. The van der Waals surface area contributed by atoms with E-state index in [9.17, 15) is 40.5 Å². The fraction of sp³-hybridized carbons (Fsp3) is 0.469. The number of aliphatic hydroxyl groups excluding tert-OH is 5. The summed E-state index contributed by atoms with van der Waals surface area (Å²) in [6.07, 6.45) is -11.7. The van der Waals surface area contributed by atoms with Gasteiger partial charge in [0, 0.05) is 17.2 Å². The quantitative estimate of drug-likeness (QED) is 0.184. The van der Waals surface area contributed by atoms with Crippen molar-refractivity contribution in [2.45, 2.75) is 89.4 Å². The van der Waals surface area contributed by atoms with Gasteiger partial charge < -0.3 is 59.1 Å². The van der Waals surface area contributed by atoms with E-state index in [1.807, 2.05) is 26.8 Å². The van der Waals surface area contributed by atoms with Crippen molar-refractivity contribution < 1.29 is 59.1 Å². The second kappa shape index (κ2) is 13.1. The molecule has 0 saturated carbocycles. The van der Waals surface area contributed by atoms with Crippen LogP contribution in [-0.2, 0) is 20.6 Å². The summed E-state index contributed by atoms with van der Waals surface area (Å²) >= 11 is 0. The zero-order chi connectivity index (χ0) is 32.7. The molecule has 0 radical (unpaired) electrons. The lowest BCUT2D eigenvalue weighted by Crippen LogP contribution is -2.62. The Morgan fingerprint density at radius 1 is 0.956 bits per heavy atom. The van der Waals surface area contributed by atoms with Crippen molar-refractivity contribution in [3.8, 4) is 28.6 Å². The van der Waals surface area contributed by atoms with E-state index < -0.39 is 78.8 Å². The topological polar surface area (TPSA) is 209 Å². The fourth-order valence-corrected chi connectivity index (χ4v) is 5.29. The van der Waals surface area contributed by atoms with Crippen molar-refractivity contribution in [2.75, 3.05) is 6.61 Å². The highest BCUT2D eigenvalue weighted by atomic mass is 16.8. The second-order valence-corrected chi connectivity index (χ2v) is 11.7. The molecule has 5 rings (SSSR count). The Labute approximate surface area is 258 Å². The molecule has 0 unspecified atom stereocenters. The number of aromatic hydroxyl groups is 2. The van der Waals surface area contributed by atoms with Crippen molar-refractivity contribution in [3.63, 3.8) is 0 Å². The molecule has 1 aromatic heterocycles. The average Bonchev–Trinajstić information content (AvgIpc) is 2.98. The third-order valence-electron chi connectivity index (χ3n) is 7.98. The van der Waals surface area contributed by atoms with Crippen molar-refractivity contribution in [3.05, 3.63) is 63.3 Å².